The molecule has 0 atom stereocenters. The van der Waals surface area contributed by atoms with E-state index in [-0.39, 0.29) is 0 Å². The molecule has 86 valence electrons. The Kier molecular flexibility index (Phi) is 3.73. The van der Waals surface area contributed by atoms with E-state index < -0.39 is 0 Å². The van der Waals surface area contributed by atoms with Gasteiger partial charge in [0.25, 0.3) is 0 Å². The van der Waals surface area contributed by atoms with Gasteiger partial charge in [-0.05, 0) is 43.3 Å². The van der Waals surface area contributed by atoms with E-state index in [1.54, 1.807) is 12.4 Å². The molecule has 4 heteroatoms. The molecule has 2 rings (SSSR count). The minimum atomic E-state index is 0.713. The predicted molar refractivity (Wildman–Crippen MR) is 71.5 cm³/mol. The molecule has 1 aromatic carbocycles. The number of nitrogens with one attached hydrogen (secondary N) is 1. The number of hydrogen-bond donors (Lipinski definition) is 1. The average molecular weight is 246 g/mol. The quantitative estimate of drug-likeness (QED) is 0.663. The topological polar surface area (TPSA) is 37.3 Å². The molecule has 0 amide bonds. The third kappa shape index (κ3) is 3.29. The lowest BCUT2D eigenvalue weighted by atomic mass is 10.2. The molecular formula is C13H12ClN3. The fraction of sp³-hybridized carbons (Fsp3) is 0.0769. The molecule has 1 heterocycles. The molecule has 1 N–H and O–H groups in total. The van der Waals surface area contributed by atoms with Gasteiger partial charge in [0.1, 0.15) is 0 Å². The van der Waals surface area contributed by atoms with Crippen molar-refractivity contribution in [2.24, 2.45) is 5.10 Å². The van der Waals surface area contributed by atoms with Crippen molar-refractivity contribution in [2.45, 2.75) is 6.92 Å². The molecule has 1 aromatic heterocycles. The Morgan fingerprint density at radius 1 is 1.12 bits per heavy atom. The van der Waals surface area contributed by atoms with Gasteiger partial charge in [0.05, 0.1) is 11.4 Å². The molecule has 2 aromatic rings. The van der Waals surface area contributed by atoms with Crippen molar-refractivity contribution in [2.75, 3.05) is 5.43 Å². The largest absolute Gasteiger partial charge is 0.278 e. The molecule has 0 saturated carbocycles. The first kappa shape index (κ1) is 11.6. The summed E-state index contributed by atoms with van der Waals surface area (Å²) in [4.78, 5) is 3.97. The third-order valence-corrected chi connectivity index (χ3v) is 2.55. The molecule has 3 nitrogen and oxygen atoms in total. The monoisotopic (exact) mass is 245 g/mol. The van der Waals surface area contributed by atoms with Crippen LogP contribution in [0, 0.1) is 0 Å². The van der Waals surface area contributed by atoms with Crippen LogP contribution in [-0.2, 0) is 0 Å². The molecule has 0 aliphatic heterocycles. The molecule has 0 aliphatic carbocycles. The van der Waals surface area contributed by atoms with Crippen molar-refractivity contribution in [1.29, 1.82) is 0 Å². The maximum absolute atomic E-state index is 5.80. The van der Waals surface area contributed by atoms with Gasteiger partial charge >= 0.3 is 0 Å². The summed E-state index contributed by atoms with van der Waals surface area (Å²) in [6, 6.07) is 11.2. The number of benzene rings is 1. The van der Waals surface area contributed by atoms with Crippen LogP contribution in [0.3, 0.4) is 0 Å². The summed E-state index contributed by atoms with van der Waals surface area (Å²) >= 11 is 5.80. The van der Waals surface area contributed by atoms with Crippen LogP contribution in [0.1, 0.15) is 12.5 Å². The highest BCUT2D eigenvalue weighted by molar-refractivity contribution is 6.30. The van der Waals surface area contributed by atoms with Crippen molar-refractivity contribution < 1.29 is 0 Å². The van der Waals surface area contributed by atoms with Gasteiger partial charge in [0.15, 0.2) is 0 Å². The van der Waals surface area contributed by atoms with Crippen molar-refractivity contribution >= 4 is 23.0 Å². The van der Waals surface area contributed by atoms with Gasteiger partial charge in [-0.2, -0.15) is 5.10 Å². The normalized spacial score (nSPS) is 11.3. The Bertz CT molecular complexity index is 506. The summed E-state index contributed by atoms with van der Waals surface area (Å²) in [6.07, 6.45) is 3.49. The molecule has 0 spiro atoms. The fourth-order valence-electron chi connectivity index (χ4n) is 1.33. The molecule has 0 saturated heterocycles. The second kappa shape index (κ2) is 5.46. The maximum atomic E-state index is 5.80. The number of halogens is 1. The number of hydrazone groups is 1. The Labute approximate surface area is 105 Å². The molecule has 0 radical (unpaired) electrons. The van der Waals surface area contributed by atoms with Crippen LogP contribution < -0.4 is 5.43 Å². The maximum Gasteiger partial charge on any atom is 0.0649 e. The van der Waals surface area contributed by atoms with E-state index in [2.05, 4.69) is 15.5 Å². The Balaban J connectivity index is 2.08. The second-order valence-corrected chi connectivity index (χ2v) is 3.99. The number of rotatable bonds is 3. The highest BCUT2D eigenvalue weighted by Crippen LogP contribution is 2.13. The van der Waals surface area contributed by atoms with Crippen LogP contribution in [0.5, 0.6) is 0 Å². The highest BCUT2D eigenvalue weighted by atomic mass is 35.5. The summed E-state index contributed by atoms with van der Waals surface area (Å²) < 4.78 is 0. The van der Waals surface area contributed by atoms with Gasteiger partial charge in [-0.15, -0.1) is 0 Å². The number of hydrogen-bond acceptors (Lipinski definition) is 3. The van der Waals surface area contributed by atoms with Crippen molar-refractivity contribution in [1.82, 2.24) is 4.98 Å². The number of aromatic nitrogens is 1. The lowest BCUT2D eigenvalue weighted by Crippen LogP contribution is -1.99. The third-order valence-electron chi connectivity index (χ3n) is 2.30. The first-order valence-corrected chi connectivity index (χ1v) is 5.60. The van der Waals surface area contributed by atoms with Gasteiger partial charge in [0, 0.05) is 23.0 Å². The zero-order valence-electron chi connectivity index (χ0n) is 9.39. The Hall–Kier alpha value is -1.87. The van der Waals surface area contributed by atoms with Crippen molar-refractivity contribution in [3.8, 4) is 0 Å². The molecule has 0 fully saturated rings. The summed E-state index contributed by atoms with van der Waals surface area (Å²) in [6.45, 7) is 1.94. The minimum absolute atomic E-state index is 0.713. The average Bonchev–Trinajstić information content (AvgIpc) is 2.39. The van der Waals surface area contributed by atoms with Gasteiger partial charge in [-0.25, -0.2) is 0 Å². The van der Waals surface area contributed by atoms with Crippen LogP contribution in [0.4, 0.5) is 5.69 Å². The van der Waals surface area contributed by atoms with Crippen LogP contribution in [-0.4, -0.2) is 10.7 Å². The number of pyridine rings is 1. The van der Waals surface area contributed by atoms with Crippen molar-refractivity contribution in [3.63, 3.8) is 0 Å². The lowest BCUT2D eigenvalue weighted by molar-refractivity contribution is 1.29. The van der Waals surface area contributed by atoms with E-state index >= 15 is 0 Å². The summed E-state index contributed by atoms with van der Waals surface area (Å²) in [7, 11) is 0. The predicted octanol–water partition coefficient (Wildman–Crippen LogP) is 3.57. The minimum Gasteiger partial charge on any atom is -0.278 e. The summed E-state index contributed by atoms with van der Waals surface area (Å²) in [5, 5.41) is 5.00. The smallest absolute Gasteiger partial charge is 0.0649 e. The van der Waals surface area contributed by atoms with E-state index in [4.69, 9.17) is 11.6 Å². The number of anilines is 1. The van der Waals surface area contributed by atoms with Crippen LogP contribution in [0.2, 0.25) is 5.02 Å². The Morgan fingerprint density at radius 3 is 2.41 bits per heavy atom. The van der Waals surface area contributed by atoms with E-state index in [0.717, 1.165) is 17.0 Å². The first-order valence-electron chi connectivity index (χ1n) is 5.22. The zero-order chi connectivity index (χ0) is 12.1. The molecule has 0 bridgehead atoms. The van der Waals surface area contributed by atoms with Crippen molar-refractivity contribution in [3.05, 3.63) is 59.4 Å². The van der Waals surface area contributed by atoms with E-state index in [1.807, 2.05) is 43.3 Å². The molecular weight excluding hydrogens is 234 g/mol. The summed E-state index contributed by atoms with van der Waals surface area (Å²) in [5.74, 6) is 0. The van der Waals surface area contributed by atoms with E-state index in [0.29, 0.717) is 5.02 Å². The van der Waals surface area contributed by atoms with E-state index in [1.165, 1.54) is 0 Å². The molecule has 0 unspecified atom stereocenters. The van der Waals surface area contributed by atoms with Crippen LogP contribution in [0.25, 0.3) is 0 Å². The van der Waals surface area contributed by atoms with Gasteiger partial charge in [-0.3, -0.25) is 10.4 Å². The van der Waals surface area contributed by atoms with Gasteiger partial charge < -0.3 is 0 Å². The first-order chi connectivity index (χ1) is 8.25. The molecule has 17 heavy (non-hydrogen) atoms. The highest BCUT2D eigenvalue weighted by Gasteiger charge is 1.96. The van der Waals surface area contributed by atoms with Gasteiger partial charge in [-0.1, -0.05) is 11.6 Å². The van der Waals surface area contributed by atoms with Gasteiger partial charge in [0.2, 0.25) is 0 Å². The lowest BCUT2D eigenvalue weighted by Gasteiger charge is -2.03. The molecule has 0 aliphatic rings. The standard InChI is InChI=1S/C13H12ClN3/c1-10(11-6-8-15-9-7-11)16-17-13-4-2-12(14)3-5-13/h2-9,17H,1H3/b16-10+. The zero-order valence-corrected chi connectivity index (χ0v) is 10.1. The fourth-order valence-corrected chi connectivity index (χ4v) is 1.46. The summed E-state index contributed by atoms with van der Waals surface area (Å²) in [5.41, 5.74) is 5.83. The SMILES string of the molecule is C/C(=N\Nc1ccc(Cl)cc1)c1ccncc1. The van der Waals surface area contributed by atoms with E-state index in [9.17, 15) is 0 Å². The number of nitrogens with zero attached hydrogens (tertiary/aromatic N) is 2. The van der Waals surface area contributed by atoms with Crippen LogP contribution >= 0.6 is 11.6 Å². The van der Waals surface area contributed by atoms with Crippen LogP contribution in [0.15, 0.2) is 53.9 Å². The second-order valence-electron chi connectivity index (χ2n) is 3.55. The Morgan fingerprint density at radius 2 is 1.76 bits per heavy atom.